The van der Waals surface area contributed by atoms with Crippen molar-refractivity contribution < 1.29 is 4.79 Å². The monoisotopic (exact) mass is 336 g/mol. The first-order valence-corrected chi connectivity index (χ1v) is 7.10. The van der Waals surface area contributed by atoms with Crippen molar-refractivity contribution in [1.82, 2.24) is 14.8 Å². The van der Waals surface area contributed by atoms with Gasteiger partial charge in [0.25, 0.3) is 5.91 Å². The van der Waals surface area contributed by atoms with Gasteiger partial charge in [0.05, 0.1) is 15.5 Å². The van der Waals surface area contributed by atoms with Crippen molar-refractivity contribution in [3.63, 3.8) is 0 Å². The molecule has 0 aliphatic heterocycles. The van der Waals surface area contributed by atoms with Crippen LogP contribution in [0.25, 0.3) is 10.9 Å². The number of para-hydroxylation sites is 1. The van der Waals surface area contributed by atoms with E-state index in [4.69, 9.17) is 0 Å². The summed E-state index contributed by atoms with van der Waals surface area (Å²) in [6.07, 6.45) is 1.65. The zero-order valence-electron chi connectivity index (χ0n) is 9.92. The topological polar surface area (TPSA) is 59.8 Å². The fraction of sp³-hybridized carbons (Fsp3) is 0.0833. The van der Waals surface area contributed by atoms with Crippen molar-refractivity contribution in [1.29, 1.82) is 0 Å². The Morgan fingerprint density at radius 3 is 2.95 bits per heavy atom. The summed E-state index contributed by atoms with van der Waals surface area (Å²) in [6.45, 7) is 0. The molecule has 0 saturated heterocycles. The number of hydrogen-bond acceptors (Lipinski definition) is 4. The van der Waals surface area contributed by atoms with E-state index in [9.17, 15) is 4.79 Å². The molecule has 19 heavy (non-hydrogen) atoms. The lowest BCUT2D eigenvalue weighted by Gasteiger charge is -1.98. The minimum absolute atomic E-state index is 0.251. The smallest absolute Gasteiger partial charge is 0.278 e. The minimum Gasteiger partial charge on any atom is -0.296 e. The largest absolute Gasteiger partial charge is 0.296 e. The van der Waals surface area contributed by atoms with E-state index in [0.717, 1.165) is 14.7 Å². The van der Waals surface area contributed by atoms with Gasteiger partial charge in [-0.15, -0.1) is 0 Å². The summed E-state index contributed by atoms with van der Waals surface area (Å²) < 4.78 is 2.57. The molecule has 0 atom stereocenters. The van der Waals surface area contributed by atoms with Gasteiger partial charge in [-0.25, -0.2) is 4.98 Å². The molecule has 0 radical (unpaired) electrons. The number of nitrogens with zero attached hydrogens (tertiary/aromatic N) is 3. The fourth-order valence-electron chi connectivity index (χ4n) is 1.85. The van der Waals surface area contributed by atoms with Gasteiger partial charge in [0.2, 0.25) is 0 Å². The summed E-state index contributed by atoms with van der Waals surface area (Å²) in [6, 6.07) is 7.62. The van der Waals surface area contributed by atoms with Crippen LogP contribution in [0.1, 0.15) is 10.5 Å². The SMILES string of the molecule is Cn1nc(C(=O)Nc2ncc(Br)s2)c2ccccc21. The highest BCUT2D eigenvalue weighted by Crippen LogP contribution is 2.24. The Bertz CT molecular complexity index is 764. The maximum Gasteiger partial charge on any atom is 0.278 e. The van der Waals surface area contributed by atoms with Crippen LogP contribution < -0.4 is 5.32 Å². The lowest BCUT2D eigenvalue weighted by molar-refractivity contribution is 0.102. The molecule has 3 aromatic rings. The number of thiazole rings is 1. The van der Waals surface area contributed by atoms with Crippen molar-refractivity contribution in [2.75, 3.05) is 5.32 Å². The molecule has 0 aliphatic carbocycles. The summed E-state index contributed by atoms with van der Waals surface area (Å²) in [5.74, 6) is -0.251. The number of anilines is 1. The maximum atomic E-state index is 12.2. The summed E-state index contributed by atoms with van der Waals surface area (Å²) in [5, 5.41) is 8.39. The third kappa shape index (κ3) is 2.26. The molecule has 2 heterocycles. The van der Waals surface area contributed by atoms with Crippen LogP contribution >= 0.6 is 27.3 Å². The second kappa shape index (κ2) is 4.75. The van der Waals surface area contributed by atoms with Crippen LogP contribution in [0.4, 0.5) is 5.13 Å². The van der Waals surface area contributed by atoms with Gasteiger partial charge in [-0.3, -0.25) is 14.8 Å². The van der Waals surface area contributed by atoms with Crippen molar-refractivity contribution in [3.8, 4) is 0 Å². The van der Waals surface area contributed by atoms with Crippen molar-refractivity contribution >= 4 is 49.2 Å². The van der Waals surface area contributed by atoms with Gasteiger partial charge in [0.15, 0.2) is 10.8 Å². The highest BCUT2D eigenvalue weighted by atomic mass is 79.9. The average Bonchev–Trinajstić information content (AvgIpc) is 2.95. The third-order valence-electron chi connectivity index (χ3n) is 2.67. The Labute approximate surface area is 121 Å². The molecule has 0 saturated carbocycles. The quantitative estimate of drug-likeness (QED) is 0.782. The summed E-state index contributed by atoms with van der Waals surface area (Å²) in [7, 11) is 1.82. The predicted molar refractivity (Wildman–Crippen MR) is 78.5 cm³/mol. The number of amides is 1. The van der Waals surface area contributed by atoms with E-state index in [0.29, 0.717) is 10.8 Å². The van der Waals surface area contributed by atoms with Gasteiger partial charge in [0, 0.05) is 12.4 Å². The van der Waals surface area contributed by atoms with Gasteiger partial charge in [-0.1, -0.05) is 29.5 Å². The van der Waals surface area contributed by atoms with E-state index >= 15 is 0 Å². The van der Waals surface area contributed by atoms with E-state index in [1.165, 1.54) is 11.3 Å². The minimum atomic E-state index is -0.251. The zero-order chi connectivity index (χ0) is 13.4. The number of benzene rings is 1. The Morgan fingerprint density at radius 2 is 2.21 bits per heavy atom. The first-order chi connectivity index (χ1) is 9.15. The molecule has 0 unspecified atom stereocenters. The molecule has 2 aromatic heterocycles. The highest BCUT2D eigenvalue weighted by molar-refractivity contribution is 9.11. The van der Waals surface area contributed by atoms with Crippen LogP contribution in [-0.4, -0.2) is 20.7 Å². The second-order valence-corrected chi connectivity index (χ2v) is 6.32. The number of aromatic nitrogens is 3. The van der Waals surface area contributed by atoms with Crippen LogP contribution in [0.15, 0.2) is 34.2 Å². The molecule has 1 N–H and O–H groups in total. The number of fused-ring (bicyclic) bond motifs is 1. The third-order valence-corrected chi connectivity index (χ3v) is 4.06. The molecule has 0 spiro atoms. The molecule has 0 fully saturated rings. The Hall–Kier alpha value is -1.73. The molecule has 1 amide bonds. The Kier molecular flexibility index (Phi) is 3.08. The van der Waals surface area contributed by atoms with Crippen LogP contribution in [0.3, 0.4) is 0 Å². The number of rotatable bonds is 2. The lowest BCUT2D eigenvalue weighted by atomic mass is 10.2. The average molecular weight is 337 g/mol. The number of carbonyl (C=O) groups excluding carboxylic acids is 1. The maximum absolute atomic E-state index is 12.2. The van der Waals surface area contributed by atoms with Crippen LogP contribution in [-0.2, 0) is 7.05 Å². The van der Waals surface area contributed by atoms with Gasteiger partial charge >= 0.3 is 0 Å². The van der Waals surface area contributed by atoms with E-state index in [-0.39, 0.29) is 5.91 Å². The second-order valence-electron chi connectivity index (χ2n) is 3.91. The molecular formula is C12H9BrN4OS. The van der Waals surface area contributed by atoms with Crippen LogP contribution in [0.2, 0.25) is 0 Å². The van der Waals surface area contributed by atoms with Crippen molar-refractivity contribution in [3.05, 3.63) is 39.9 Å². The lowest BCUT2D eigenvalue weighted by Crippen LogP contribution is -2.13. The molecule has 0 bridgehead atoms. The standard InChI is InChI=1S/C12H9BrN4OS/c1-17-8-5-3-2-4-7(8)10(16-17)11(18)15-12-14-6-9(13)19-12/h2-6H,1H3,(H,14,15,18). The molecule has 1 aromatic carbocycles. The molecule has 7 heteroatoms. The molecular weight excluding hydrogens is 328 g/mol. The number of aryl methyl sites for hydroxylation is 1. The number of carbonyl (C=O) groups is 1. The van der Waals surface area contributed by atoms with E-state index in [1.807, 2.05) is 31.3 Å². The molecule has 96 valence electrons. The predicted octanol–water partition coefficient (Wildman–Crippen LogP) is 3.04. The zero-order valence-corrected chi connectivity index (χ0v) is 12.3. The van der Waals surface area contributed by atoms with Gasteiger partial charge in [0.1, 0.15) is 0 Å². The number of hydrogen-bond donors (Lipinski definition) is 1. The highest BCUT2D eigenvalue weighted by Gasteiger charge is 2.16. The van der Waals surface area contributed by atoms with Crippen molar-refractivity contribution in [2.24, 2.45) is 7.05 Å². The summed E-state index contributed by atoms with van der Waals surface area (Å²) >= 11 is 4.67. The van der Waals surface area contributed by atoms with E-state index < -0.39 is 0 Å². The number of halogens is 1. The van der Waals surface area contributed by atoms with Crippen LogP contribution in [0.5, 0.6) is 0 Å². The summed E-state index contributed by atoms with van der Waals surface area (Å²) in [4.78, 5) is 16.3. The Morgan fingerprint density at radius 1 is 1.42 bits per heavy atom. The molecule has 5 nitrogen and oxygen atoms in total. The van der Waals surface area contributed by atoms with E-state index in [2.05, 4.69) is 31.3 Å². The van der Waals surface area contributed by atoms with E-state index in [1.54, 1.807) is 10.9 Å². The van der Waals surface area contributed by atoms with Gasteiger partial charge in [-0.2, -0.15) is 5.10 Å². The number of nitrogens with one attached hydrogen (secondary N) is 1. The molecule has 0 aliphatic rings. The van der Waals surface area contributed by atoms with Crippen LogP contribution in [0, 0.1) is 0 Å². The first kappa shape index (κ1) is 12.3. The first-order valence-electron chi connectivity index (χ1n) is 5.49. The van der Waals surface area contributed by atoms with Gasteiger partial charge in [-0.05, 0) is 22.0 Å². The fourth-order valence-corrected chi connectivity index (χ4v) is 2.95. The van der Waals surface area contributed by atoms with Gasteiger partial charge < -0.3 is 0 Å². The normalized spacial score (nSPS) is 10.8. The summed E-state index contributed by atoms with van der Waals surface area (Å²) in [5.41, 5.74) is 1.33. The van der Waals surface area contributed by atoms with Crippen molar-refractivity contribution in [2.45, 2.75) is 0 Å². The Balaban J connectivity index is 1.98. The molecule has 3 rings (SSSR count).